The molecule has 2 unspecified atom stereocenters. The summed E-state index contributed by atoms with van der Waals surface area (Å²) in [5, 5.41) is 0. The highest BCUT2D eigenvalue weighted by molar-refractivity contribution is 9.10. The quantitative estimate of drug-likeness (QED) is 0.639. The molecule has 2 N–H and O–H groups in total. The van der Waals surface area contributed by atoms with E-state index in [4.69, 9.17) is 5.73 Å². The summed E-state index contributed by atoms with van der Waals surface area (Å²) < 4.78 is 0.770. The van der Waals surface area contributed by atoms with E-state index in [0.717, 1.165) is 23.7 Å². The van der Waals surface area contributed by atoms with Gasteiger partial charge >= 0.3 is 0 Å². The van der Waals surface area contributed by atoms with Crippen molar-refractivity contribution in [1.82, 2.24) is 0 Å². The van der Waals surface area contributed by atoms with Crippen LogP contribution < -0.4 is 10.6 Å². The predicted molar refractivity (Wildman–Crippen MR) is 71.9 cm³/mol. The van der Waals surface area contributed by atoms with Crippen molar-refractivity contribution in [2.24, 2.45) is 11.8 Å². The molecule has 1 aromatic carbocycles. The fourth-order valence-electron chi connectivity index (χ4n) is 2.83. The van der Waals surface area contributed by atoms with E-state index in [0.29, 0.717) is 11.4 Å². The number of carbonyl (C=O) groups is 2. The molecule has 1 aromatic rings. The van der Waals surface area contributed by atoms with Crippen LogP contribution in [-0.2, 0) is 9.59 Å². The summed E-state index contributed by atoms with van der Waals surface area (Å²) in [5.74, 6) is -0.124. The van der Waals surface area contributed by atoms with Crippen LogP contribution in [0.3, 0.4) is 0 Å². The minimum atomic E-state index is -0.0736. The van der Waals surface area contributed by atoms with Gasteiger partial charge in [0, 0.05) is 22.0 Å². The number of carbonyl (C=O) groups excluding carboxylic acids is 2. The first-order valence-corrected chi connectivity index (χ1v) is 6.80. The first kappa shape index (κ1) is 11.7. The molecule has 0 radical (unpaired) electrons. The van der Waals surface area contributed by atoms with Crippen molar-refractivity contribution in [2.45, 2.75) is 19.3 Å². The van der Waals surface area contributed by atoms with Gasteiger partial charge in [0.25, 0.3) is 0 Å². The Morgan fingerprint density at radius 1 is 1.17 bits per heavy atom. The number of fused-ring (bicyclic) bond motifs is 2. The van der Waals surface area contributed by atoms with Crippen molar-refractivity contribution in [3.63, 3.8) is 0 Å². The Balaban J connectivity index is 2.02. The number of rotatable bonds is 1. The number of nitrogens with zero attached hydrogens (tertiary/aromatic N) is 1. The Morgan fingerprint density at radius 2 is 1.78 bits per heavy atom. The molecular formula is C13H13BrN2O2. The second-order valence-corrected chi connectivity index (χ2v) is 5.78. The average Bonchev–Trinajstić information content (AvgIpc) is 2.78. The maximum atomic E-state index is 12.2. The number of benzene rings is 1. The number of nitrogens with two attached hydrogens (primary N) is 1. The van der Waals surface area contributed by atoms with Crippen LogP contribution in [0.15, 0.2) is 22.7 Å². The van der Waals surface area contributed by atoms with Gasteiger partial charge in [0.05, 0.1) is 5.69 Å². The van der Waals surface area contributed by atoms with Crippen molar-refractivity contribution in [1.29, 1.82) is 0 Å². The van der Waals surface area contributed by atoms with Gasteiger partial charge in [-0.05, 0) is 53.4 Å². The molecule has 1 aliphatic carbocycles. The highest BCUT2D eigenvalue weighted by atomic mass is 79.9. The van der Waals surface area contributed by atoms with E-state index in [9.17, 15) is 9.59 Å². The molecule has 1 aliphatic heterocycles. The Kier molecular flexibility index (Phi) is 2.66. The number of amides is 2. The number of imide groups is 1. The summed E-state index contributed by atoms with van der Waals surface area (Å²) in [6.45, 7) is 0. The number of halogens is 1. The Hall–Kier alpha value is -1.36. The Labute approximate surface area is 113 Å². The fraction of sp³-hybridized carbons (Fsp3) is 0.385. The van der Waals surface area contributed by atoms with Gasteiger partial charge in [-0.2, -0.15) is 0 Å². The van der Waals surface area contributed by atoms with Crippen LogP contribution in [-0.4, -0.2) is 11.8 Å². The van der Waals surface area contributed by atoms with Gasteiger partial charge in [0.1, 0.15) is 0 Å². The lowest BCUT2D eigenvalue weighted by molar-refractivity contribution is -0.132. The van der Waals surface area contributed by atoms with Crippen molar-refractivity contribution in [2.75, 3.05) is 10.6 Å². The summed E-state index contributed by atoms with van der Waals surface area (Å²) in [6, 6.07) is 5.19. The third kappa shape index (κ3) is 1.65. The third-order valence-corrected chi connectivity index (χ3v) is 4.53. The van der Waals surface area contributed by atoms with E-state index < -0.39 is 0 Å². The number of piperidine rings is 1. The molecule has 2 bridgehead atoms. The lowest BCUT2D eigenvalue weighted by Crippen LogP contribution is -2.46. The highest BCUT2D eigenvalue weighted by Crippen LogP contribution is 2.40. The van der Waals surface area contributed by atoms with Crippen LogP contribution in [0.2, 0.25) is 0 Å². The fourth-order valence-corrected chi connectivity index (χ4v) is 3.08. The minimum Gasteiger partial charge on any atom is -0.398 e. The normalized spacial score (nSPS) is 26.8. The predicted octanol–water partition coefficient (Wildman–Crippen LogP) is 2.32. The Bertz CT molecular complexity index is 522. The van der Waals surface area contributed by atoms with Crippen LogP contribution in [0.1, 0.15) is 19.3 Å². The van der Waals surface area contributed by atoms with Crippen LogP contribution in [0, 0.1) is 11.8 Å². The number of hydrogen-bond acceptors (Lipinski definition) is 3. The van der Waals surface area contributed by atoms with Crippen LogP contribution in [0.4, 0.5) is 11.4 Å². The van der Waals surface area contributed by atoms with Crippen molar-refractivity contribution in [3.05, 3.63) is 22.7 Å². The number of anilines is 2. The van der Waals surface area contributed by atoms with E-state index in [1.54, 1.807) is 18.2 Å². The minimum absolute atomic E-state index is 0.0116. The van der Waals surface area contributed by atoms with Crippen molar-refractivity contribution < 1.29 is 9.59 Å². The van der Waals surface area contributed by atoms with E-state index >= 15 is 0 Å². The van der Waals surface area contributed by atoms with Gasteiger partial charge in [-0.3, -0.25) is 14.5 Å². The van der Waals surface area contributed by atoms with Crippen LogP contribution >= 0.6 is 15.9 Å². The molecule has 2 aliphatic rings. The average molecular weight is 309 g/mol. The van der Waals surface area contributed by atoms with E-state index in [-0.39, 0.29) is 23.7 Å². The standard InChI is InChI=1S/C13H13BrN2O2/c14-10-4-3-9(6-11(10)15)16-12(17)7-1-2-8(5-7)13(16)18/h3-4,6-8H,1-2,5,15H2. The summed E-state index contributed by atoms with van der Waals surface area (Å²) >= 11 is 3.31. The third-order valence-electron chi connectivity index (χ3n) is 3.81. The van der Waals surface area contributed by atoms with Gasteiger partial charge < -0.3 is 5.73 Å². The highest BCUT2D eigenvalue weighted by Gasteiger charge is 2.45. The molecular weight excluding hydrogens is 296 g/mol. The smallest absolute Gasteiger partial charge is 0.236 e. The van der Waals surface area contributed by atoms with Gasteiger partial charge in [0.15, 0.2) is 0 Å². The van der Waals surface area contributed by atoms with Gasteiger partial charge in [-0.15, -0.1) is 0 Å². The molecule has 2 fully saturated rings. The molecule has 1 saturated heterocycles. The molecule has 4 nitrogen and oxygen atoms in total. The molecule has 1 saturated carbocycles. The van der Waals surface area contributed by atoms with E-state index in [1.165, 1.54) is 4.90 Å². The molecule has 3 rings (SSSR count). The molecule has 94 valence electrons. The zero-order valence-electron chi connectivity index (χ0n) is 9.73. The van der Waals surface area contributed by atoms with Gasteiger partial charge in [-0.25, -0.2) is 0 Å². The van der Waals surface area contributed by atoms with Crippen LogP contribution in [0.25, 0.3) is 0 Å². The van der Waals surface area contributed by atoms with E-state index in [2.05, 4.69) is 15.9 Å². The second kappa shape index (κ2) is 4.09. The van der Waals surface area contributed by atoms with Crippen molar-refractivity contribution >= 4 is 39.1 Å². The first-order chi connectivity index (χ1) is 8.58. The van der Waals surface area contributed by atoms with Gasteiger partial charge in [-0.1, -0.05) is 0 Å². The van der Waals surface area contributed by atoms with Crippen LogP contribution in [0.5, 0.6) is 0 Å². The summed E-state index contributed by atoms with van der Waals surface area (Å²) in [6.07, 6.45) is 2.38. The molecule has 0 spiro atoms. The Morgan fingerprint density at radius 3 is 2.33 bits per heavy atom. The van der Waals surface area contributed by atoms with Gasteiger partial charge in [0.2, 0.25) is 11.8 Å². The molecule has 2 atom stereocenters. The van der Waals surface area contributed by atoms with Crippen molar-refractivity contribution in [3.8, 4) is 0 Å². The first-order valence-electron chi connectivity index (χ1n) is 6.01. The maximum Gasteiger partial charge on any atom is 0.236 e. The topological polar surface area (TPSA) is 63.4 Å². The summed E-state index contributed by atoms with van der Waals surface area (Å²) in [7, 11) is 0. The zero-order valence-corrected chi connectivity index (χ0v) is 11.3. The molecule has 5 heteroatoms. The number of hydrogen-bond donors (Lipinski definition) is 1. The van der Waals surface area contributed by atoms with E-state index in [1.807, 2.05) is 0 Å². The monoisotopic (exact) mass is 308 g/mol. The summed E-state index contributed by atoms with van der Waals surface area (Å²) in [4.78, 5) is 25.8. The maximum absolute atomic E-state index is 12.2. The lowest BCUT2D eigenvalue weighted by Gasteiger charge is -2.29. The summed E-state index contributed by atoms with van der Waals surface area (Å²) in [5.41, 5.74) is 6.93. The number of nitrogen functional groups attached to an aromatic ring is 1. The molecule has 2 amide bonds. The molecule has 18 heavy (non-hydrogen) atoms. The molecule has 1 heterocycles. The second-order valence-electron chi connectivity index (χ2n) is 4.92. The lowest BCUT2D eigenvalue weighted by atomic mass is 9.96. The zero-order chi connectivity index (χ0) is 12.9. The largest absolute Gasteiger partial charge is 0.398 e. The SMILES string of the molecule is Nc1cc(N2C(=O)C3CCC(C3)C2=O)ccc1Br. The molecule has 0 aromatic heterocycles.